The molecule has 4 N–H and O–H groups in total. The monoisotopic (exact) mass is 217 g/mol. The van der Waals surface area contributed by atoms with Crippen molar-refractivity contribution in [1.29, 1.82) is 0 Å². The van der Waals surface area contributed by atoms with Crippen LogP contribution in [-0.4, -0.2) is 5.17 Å². The Bertz CT molecular complexity index is 334. The van der Waals surface area contributed by atoms with Crippen molar-refractivity contribution in [2.24, 2.45) is 16.7 Å². The molecule has 1 rings (SSSR count). The number of nitrogens with two attached hydrogens (primary N) is 2. The van der Waals surface area contributed by atoms with Crippen molar-refractivity contribution in [2.45, 2.75) is 5.75 Å². The highest BCUT2D eigenvalue weighted by Gasteiger charge is 2.01. The van der Waals surface area contributed by atoms with Gasteiger partial charge in [0, 0.05) is 11.8 Å². The number of benzene rings is 1. The van der Waals surface area contributed by atoms with Crippen molar-refractivity contribution in [3.05, 3.63) is 35.4 Å². The van der Waals surface area contributed by atoms with Crippen LogP contribution in [0.15, 0.2) is 23.3 Å². The first-order valence-corrected chi connectivity index (χ1v) is 4.71. The van der Waals surface area contributed by atoms with Gasteiger partial charge in [0.2, 0.25) is 0 Å². The van der Waals surface area contributed by atoms with E-state index in [0.717, 1.165) is 17.8 Å². The van der Waals surface area contributed by atoms with E-state index in [-0.39, 0.29) is 5.17 Å². The van der Waals surface area contributed by atoms with E-state index in [0.29, 0.717) is 11.3 Å². The molecular weight excluding hydrogens is 208 g/mol. The zero-order valence-corrected chi connectivity index (χ0v) is 8.02. The van der Waals surface area contributed by atoms with Crippen molar-refractivity contribution < 1.29 is 8.78 Å². The topological polar surface area (TPSA) is 64.4 Å². The van der Waals surface area contributed by atoms with Crippen LogP contribution in [-0.2, 0) is 5.75 Å². The van der Waals surface area contributed by atoms with Gasteiger partial charge in [0.15, 0.2) is 5.17 Å². The van der Waals surface area contributed by atoms with Crippen molar-refractivity contribution in [3.8, 4) is 0 Å². The lowest BCUT2D eigenvalue weighted by Gasteiger charge is -2.00. The Kier molecular flexibility index (Phi) is 3.70. The molecule has 0 unspecified atom stereocenters. The standard InChI is InChI=1S/C8H9F2N3S/c9-6-1-5(2-7(10)3-6)4-14-8(11)13-12/h1-3H,4,12H2,(H2,11,13). The van der Waals surface area contributed by atoms with Crippen LogP contribution in [0, 0.1) is 11.6 Å². The summed E-state index contributed by atoms with van der Waals surface area (Å²) in [5.74, 6) is 4.01. The number of nitrogens with zero attached hydrogens (tertiary/aromatic N) is 1. The molecular formula is C8H9F2N3S. The molecule has 0 aliphatic heterocycles. The van der Waals surface area contributed by atoms with Crippen LogP contribution in [0.4, 0.5) is 8.78 Å². The Labute approximate surface area is 84.2 Å². The number of hydrogen-bond acceptors (Lipinski definition) is 3. The van der Waals surface area contributed by atoms with Gasteiger partial charge in [-0.05, 0) is 17.7 Å². The SMILES string of the molecule is N/N=C(/N)SCc1cc(F)cc(F)c1. The second kappa shape index (κ2) is 4.80. The second-order valence-electron chi connectivity index (χ2n) is 2.53. The summed E-state index contributed by atoms with van der Waals surface area (Å²) in [4.78, 5) is 0. The van der Waals surface area contributed by atoms with Crippen LogP contribution in [0.25, 0.3) is 0 Å². The van der Waals surface area contributed by atoms with Gasteiger partial charge in [-0.15, -0.1) is 0 Å². The Morgan fingerprint density at radius 1 is 1.29 bits per heavy atom. The first-order valence-electron chi connectivity index (χ1n) is 3.73. The molecule has 0 aliphatic rings. The highest BCUT2D eigenvalue weighted by molar-refractivity contribution is 8.13. The van der Waals surface area contributed by atoms with E-state index in [2.05, 4.69) is 5.10 Å². The molecule has 0 radical (unpaired) electrons. The predicted molar refractivity (Wildman–Crippen MR) is 53.5 cm³/mol. The third kappa shape index (κ3) is 3.21. The summed E-state index contributed by atoms with van der Waals surface area (Å²) in [6.45, 7) is 0. The normalized spacial score (nSPS) is 11.7. The Hall–Kier alpha value is -1.30. The molecule has 76 valence electrons. The van der Waals surface area contributed by atoms with Gasteiger partial charge in [0.25, 0.3) is 0 Å². The highest BCUT2D eigenvalue weighted by atomic mass is 32.2. The van der Waals surface area contributed by atoms with Gasteiger partial charge in [0.05, 0.1) is 0 Å². The van der Waals surface area contributed by atoms with Gasteiger partial charge in [0.1, 0.15) is 11.6 Å². The molecule has 0 aromatic heterocycles. The summed E-state index contributed by atoms with van der Waals surface area (Å²) < 4.78 is 25.4. The molecule has 1 aromatic rings. The quantitative estimate of drug-likeness (QED) is 0.340. The van der Waals surface area contributed by atoms with E-state index in [1.807, 2.05) is 0 Å². The van der Waals surface area contributed by atoms with Crippen molar-refractivity contribution in [3.63, 3.8) is 0 Å². The fourth-order valence-electron chi connectivity index (χ4n) is 0.889. The number of hydrogen-bond donors (Lipinski definition) is 2. The van der Waals surface area contributed by atoms with Gasteiger partial charge < -0.3 is 11.6 Å². The van der Waals surface area contributed by atoms with Crippen LogP contribution in [0.3, 0.4) is 0 Å². The van der Waals surface area contributed by atoms with E-state index >= 15 is 0 Å². The highest BCUT2D eigenvalue weighted by Crippen LogP contribution is 2.14. The zero-order chi connectivity index (χ0) is 10.6. The average Bonchev–Trinajstić information content (AvgIpc) is 2.12. The number of amidine groups is 1. The molecule has 0 spiro atoms. The Morgan fingerprint density at radius 3 is 2.36 bits per heavy atom. The van der Waals surface area contributed by atoms with Gasteiger partial charge in [-0.1, -0.05) is 11.8 Å². The van der Waals surface area contributed by atoms with Gasteiger partial charge in [-0.2, -0.15) is 5.10 Å². The van der Waals surface area contributed by atoms with E-state index < -0.39 is 11.6 Å². The summed E-state index contributed by atoms with van der Waals surface area (Å²) in [6.07, 6.45) is 0. The number of rotatable bonds is 2. The molecule has 14 heavy (non-hydrogen) atoms. The lowest BCUT2D eigenvalue weighted by atomic mass is 10.2. The van der Waals surface area contributed by atoms with Crippen molar-refractivity contribution in [2.75, 3.05) is 0 Å². The molecule has 0 heterocycles. The van der Waals surface area contributed by atoms with Gasteiger partial charge >= 0.3 is 0 Å². The molecule has 0 fully saturated rings. The van der Waals surface area contributed by atoms with E-state index in [9.17, 15) is 8.78 Å². The zero-order valence-electron chi connectivity index (χ0n) is 7.21. The van der Waals surface area contributed by atoms with Crippen molar-refractivity contribution in [1.82, 2.24) is 0 Å². The number of halogens is 2. The maximum Gasteiger partial charge on any atom is 0.177 e. The summed E-state index contributed by atoms with van der Waals surface area (Å²) in [5, 5.41) is 3.39. The molecule has 0 saturated heterocycles. The van der Waals surface area contributed by atoms with Crippen LogP contribution in [0.1, 0.15) is 5.56 Å². The number of hydrazone groups is 1. The first kappa shape index (κ1) is 10.8. The Morgan fingerprint density at radius 2 is 1.86 bits per heavy atom. The Balaban J connectivity index is 2.67. The van der Waals surface area contributed by atoms with E-state index in [1.54, 1.807) is 0 Å². The minimum Gasteiger partial charge on any atom is -0.377 e. The third-order valence-electron chi connectivity index (χ3n) is 1.44. The molecule has 0 aliphatic carbocycles. The molecule has 0 bridgehead atoms. The fourth-order valence-corrected chi connectivity index (χ4v) is 1.44. The minimum absolute atomic E-state index is 0.176. The third-order valence-corrected chi connectivity index (χ3v) is 2.32. The average molecular weight is 217 g/mol. The molecule has 1 aromatic carbocycles. The van der Waals surface area contributed by atoms with E-state index in [1.165, 1.54) is 12.1 Å². The maximum atomic E-state index is 12.7. The van der Waals surface area contributed by atoms with Crippen LogP contribution < -0.4 is 11.6 Å². The number of thioether (sulfide) groups is 1. The minimum atomic E-state index is -0.608. The van der Waals surface area contributed by atoms with Crippen molar-refractivity contribution >= 4 is 16.9 Å². The van der Waals surface area contributed by atoms with E-state index in [4.69, 9.17) is 11.6 Å². The summed E-state index contributed by atoms with van der Waals surface area (Å²) in [7, 11) is 0. The molecule has 0 amide bonds. The second-order valence-corrected chi connectivity index (χ2v) is 3.53. The fraction of sp³-hybridized carbons (Fsp3) is 0.125. The van der Waals surface area contributed by atoms with Gasteiger partial charge in [-0.3, -0.25) is 0 Å². The summed E-state index contributed by atoms with van der Waals surface area (Å²) >= 11 is 1.12. The first-order chi connectivity index (χ1) is 6.61. The lowest BCUT2D eigenvalue weighted by Crippen LogP contribution is -2.09. The molecule has 6 heteroatoms. The molecule has 0 saturated carbocycles. The summed E-state index contributed by atoms with van der Waals surface area (Å²) in [6, 6.07) is 3.29. The maximum absolute atomic E-state index is 12.7. The lowest BCUT2D eigenvalue weighted by molar-refractivity contribution is 0.581. The smallest absolute Gasteiger partial charge is 0.177 e. The van der Waals surface area contributed by atoms with Crippen LogP contribution in [0.2, 0.25) is 0 Å². The van der Waals surface area contributed by atoms with Crippen LogP contribution >= 0.6 is 11.8 Å². The van der Waals surface area contributed by atoms with Gasteiger partial charge in [-0.25, -0.2) is 8.78 Å². The molecule has 0 atom stereocenters. The summed E-state index contributed by atoms with van der Waals surface area (Å²) in [5.41, 5.74) is 5.80. The van der Waals surface area contributed by atoms with Crippen LogP contribution in [0.5, 0.6) is 0 Å². The molecule has 3 nitrogen and oxygen atoms in total. The largest absolute Gasteiger partial charge is 0.377 e. The predicted octanol–water partition coefficient (Wildman–Crippen LogP) is 1.39.